The SMILES string of the molecule is Cc1ccc(S(=O)(=O)N(C)c2ccc(C(=O)N/N=C\c3ccc(OCC(=O)Nc4cccc(Cl)c4)cc3)cc2)cc1. The lowest BCUT2D eigenvalue weighted by molar-refractivity contribution is -0.118. The summed E-state index contributed by atoms with van der Waals surface area (Å²) < 4.78 is 32.5. The topological polar surface area (TPSA) is 117 Å². The Kier molecular flexibility index (Phi) is 9.38. The molecule has 2 amide bonds. The molecule has 41 heavy (non-hydrogen) atoms. The van der Waals surface area contributed by atoms with Crippen molar-refractivity contribution >= 4 is 51.0 Å². The third-order valence-electron chi connectivity index (χ3n) is 5.91. The molecule has 0 saturated carbocycles. The standard InChI is InChI=1S/C30H27ClN4O5S/c1-21-6-16-28(17-7-21)41(38,39)35(2)26-12-10-23(11-13-26)30(37)34-32-19-22-8-14-27(15-9-22)40-20-29(36)33-25-5-3-4-24(31)18-25/h3-19H,20H2,1-2H3,(H,33,36)(H,34,37)/b32-19-. The van der Waals surface area contributed by atoms with E-state index in [0.29, 0.717) is 33.3 Å². The molecular weight excluding hydrogens is 564 g/mol. The van der Waals surface area contributed by atoms with Crippen molar-refractivity contribution < 1.29 is 22.7 Å². The predicted octanol–water partition coefficient (Wildman–Crippen LogP) is 5.25. The first kappa shape index (κ1) is 29.3. The highest BCUT2D eigenvalue weighted by molar-refractivity contribution is 7.92. The van der Waals surface area contributed by atoms with Crippen molar-refractivity contribution in [2.24, 2.45) is 5.10 Å². The van der Waals surface area contributed by atoms with Gasteiger partial charge in [0, 0.05) is 23.3 Å². The summed E-state index contributed by atoms with van der Waals surface area (Å²) in [7, 11) is -2.28. The molecule has 210 valence electrons. The van der Waals surface area contributed by atoms with Gasteiger partial charge in [-0.25, -0.2) is 13.8 Å². The van der Waals surface area contributed by atoms with E-state index in [2.05, 4.69) is 15.8 Å². The molecule has 0 aliphatic carbocycles. The van der Waals surface area contributed by atoms with Crippen molar-refractivity contribution in [1.29, 1.82) is 0 Å². The number of rotatable bonds is 10. The van der Waals surface area contributed by atoms with Gasteiger partial charge < -0.3 is 10.1 Å². The number of carbonyl (C=O) groups is 2. The number of halogens is 1. The van der Waals surface area contributed by atoms with Crippen LogP contribution in [0.25, 0.3) is 0 Å². The second-order valence-corrected chi connectivity index (χ2v) is 11.4. The van der Waals surface area contributed by atoms with Gasteiger partial charge in [-0.1, -0.05) is 35.4 Å². The van der Waals surface area contributed by atoms with Gasteiger partial charge in [-0.05, 0) is 91.3 Å². The molecule has 0 unspecified atom stereocenters. The number of ether oxygens (including phenoxy) is 1. The van der Waals surface area contributed by atoms with Crippen molar-refractivity contribution in [2.75, 3.05) is 23.3 Å². The number of benzene rings is 4. The fourth-order valence-electron chi connectivity index (χ4n) is 3.62. The van der Waals surface area contributed by atoms with E-state index in [1.807, 2.05) is 6.92 Å². The molecule has 11 heteroatoms. The molecule has 2 N–H and O–H groups in total. The minimum atomic E-state index is -3.74. The van der Waals surface area contributed by atoms with Crippen LogP contribution in [0.2, 0.25) is 5.02 Å². The van der Waals surface area contributed by atoms with Crippen molar-refractivity contribution in [3.63, 3.8) is 0 Å². The van der Waals surface area contributed by atoms with Gasteiger partial charge in [0.25, 0.3) is 21.8 Å². The average molecular weight is 591 g/mol. The Bertz CT molecular complexity index is 1660. The quantitative estimate of drug-likeness (QED) is 0.193. The molecule has 0 radical (unpaired) electrons. The Morgan fingerprint density at radius 1 is 0.951 bits per heavy atom. The first-order valence-corrected chi connectivity index (χ1v) is 14.2. The number of aryl methyl sites for hydroxylation is 1. The van der Waals surface area contributed by atoms with E-state index in [1.165, 1.54) is 25.4 Å². The molecule has 4 aromatic carbocycles. The van der Waals surface area contributed by atoms with E-state index in [9.17, 15) is 18.0 Å². The largest absolute Gasteiger partial charge is 0.484 e. The molecule has 0 bridgehead atoms. The summed E-state index contributed by atoms with van der Waals surface area (Å²) in [5.74, 6) is -0.294. The lowest BCUT2D eigenvalue weighted by Gasteiger charge is -2.19. The molecule has 9 nitrogen and oxygen atoms in total. The number of amides is 2. The predicted molar refractivity (Wildman–Crippen MR) is 160 cm³/mol. The summed E-state index contributed by atoms with van der Waals surface area (Å²) in [5.41, 5.74) is 5.40. The van der Waals surface area contributed by atoms with Crippen molar-refractivity contribution in [2.45, 2.75) is 11.8 Å². The summed E-state index contributed by atoms with van der Waals surface area (Å²) in [6.07, 6.45) is 1.46. The normalized spacial score (nSPS) is 11.2. The second-order valence-electron chi connectivity index (χ2n) is 8.95. The molecule has 0 aliphatic rings. The first-order valence-electron chi connectivity index (χ1n) is 12.4. The molecule has 0 atom stereocenters. The average Bonchev–Trinajstić information content (AvgIpc) is 2.96. The first-order chi connectivity index (χ1) is 19.6. The number of hydrazone groups is 1. The van der Waals surface area contributed by atoms with E-state index < -0.39 is 15.9 Å². The number of hydrogen-bond acceptors (Lipinski definition) is 6. The summed E-state index contributed by atoms with van der Waals surface area (Å²) in [5, 5.41) is 7.19. The maximum absolute atomic E-state index is 12.9. The minimum absolute atomic E-state index is 0.178. The Morgan fingerprint density at radius 2 is 1.63 bits per heavy atom. The van der Waals surface area contributed by atoms with Crippen LogP contribution in [-0.4, -0.2) is 40.1 Å². The van der Waals surface area contributed by atoms with Gasteiger partial charge in [0.15, 0.2) is 6.61 Å². The van der Waals surface area contributed by atoms with Crippen LogP contribution in [0.5, 0.6) is 5.75 Å². The van der Waals surface area contributed by atoms with E-state index in [0.717, 1.165) is 9.87 Å². The molecule has 0 fully saturated rings. The number of nitrogens with zero attached hydrogens (tertiary/aromatic N) is 2. The smallest absolute Gasteiger partial charge is 0.271 e. The zero-order valence-electron chi connectivity index (χ0n) is 22.2. The lowest BCUT2D eigenvalue weighted by Crippen LogP contribution is -2.26. The van der Waals surface area contributed by atoms with Gasteiger partial charge in [0.2, 0.25) is 0 Å². The number of sulfonamides is 1. The lowest BCUT2D eigenvalue weighted by atomic mass is 10.2. The van der Waals surface area contributed by atoms with Crippen LogP contribution in [0.15, 0.2) is 107 Å². The molecule has 0 saturated heterocycles. The zero-order valence-corrected chi connectivity index (χ0v) is 23.8. The van der Waals surface area contributed by atoms with Gasteiger partial charge >= 0.3 is 0 Å². The Morgan fingerprint density at radius 3 is 2.29 bits per heavy atom. The van der Waals surface area contributed by atoms with Gasteiger partial charge in [-0.15, -0.1) is 0 Å². The van der Waals surface area contributed by atoms with Crippen LogP contribution in [0, 0.1) is 6.92 Å². The van der Waals surface area contributed by atoms with Crippen molar-refractivity contribution in [1.82, 2.24) is 5.43 Å². The van der Waals surface area contributed by atoms with Crippen LogP contribution in [-0.2, 0) is 14.8 Å². The van der Waals surface area contributed by atoms with Crippen LogP contribution < -0.4 is 19.8 Å². The van der Waals surface area contributed by atoms with Crippen LogP contribution in [0.1, 0.15) is 21.5 Å². The van der Waals surface area contributed by atoms with Gasteiger partial charge in [0.05, 0.1) is 16.8 Å². The Labute approximate surface area is 243 Å². The second kappa shape index (κ2) is 13.1. The van der Waals surface area contributed by atoms with Crippen LogP contribution >= 0.6 is 11.6 Å². The summed E-state index contributed by atoms with van der Waals surface area (Å²) in [4.78, 5) is 24.8. The third-order valence-corrected chi connectivity index (χ3v) is 7.95. The van der Waals surface area contributed by atoms with E-state index >= 15 is 0 Å². The van der Waals surface area contributed by atoms with Crippen LogP contribution in [0.3, 0.4) is 0 Å². The number of hydrogen-bond donors (Lipinski definition) is 2. The highest BCUT2D eigenvalue weighted by Crippen LogP contribution is 2.23. The molecule has 0 spiro atoms. The Hall–Kier alpha value is -4.67. The molecule has 4 aromatic rings. The maximum atomic E-state index is 12.9. The summed E-state index contributed by atoms with van der Waals surface area (Å²) >= 11 is 5.92. The number of nitrogens with one attached hydrogen (secondary N) is 2. The molecular formula is C30H27ClN4O5S. The summed E-state index contributed by atoms with van der Waals surface area (Å²) in [6.45, 7) is 1.71. The van der Waals surface area contributed by atoms with Gasteiger partial charge in [-0.2, -0.15) is 5.10 Å². The maximum Gasteiger partial charge on any atom is 0.271 e. The van der Waals surface area contributed by atoms with E-state index in [-0.39, 0.29) is 17.4 Å². The van der Waals surface area contributed by atoms with Crippen LogP contribution in [0.4, 0.5) is 11.4 Å². The monoisotopic (exact) mass is 590 g/mol. The highest BCUT2D eigenvalue weighted by atomic mass is 35.5. The third kappa shape index (κ3) is 7.93. The van der Waals surface area contributed by atoms with Crippen molar-refractivity contribution in [3.05, 3.63) is 119 Å². The fraction of sp³-hybridized carbons (Fsp3) is 0.100. The molecule has 0 heterocycles. The molecule has 0 aromatic heterocycles. The number of carbonyl (C=O) groups excluding carboxylic acids is 2. The Balaban J connectivity index is 1.27. The summed E-state index contributed by atoms with van der Waals surface area (Å²) in [6, 6.07) is 26.4. The molecule has 0 aliphatic heterocycles. The van der Waals surface area contributed by atoms with E-state index in [4.69, 9.17) is 16.3 Å². The van der Waals surface area contributed by atoms with Gasteiger partial charge in [0.1, 0.15) is 5.75 Å². The zero-order chi connectivity index (χ0) is 29.4. The molecule has 4 rings (SSSR count). The fourth-order valence-corrected chi connectivity index (χ4v) is 5.01. The number of anilines is 2. The van der Waals surface area contributed by atoms with Crippen molar-refractivity contribution in [3.8, 4) is 5.75 Å². The van der Waals surface area contributed by atoms with Gasteiger partial charge in [-0.3, -0.25) is 13.9 Å². The highest BCUT2D eigenvalue weighted by Gasteiger charge is 2.21. The van der Waals surface area contributed by atoms with E-state index in [1.54, 1.807) is 84.9 Å². The minimum Gasteiger partial charge on any atom is -0.484 e.